The van der Waals surface area contributed by atoms with Gasteiger partial charge in [0, 0.05) is 6.54 Å². The van der Waals surface area contributed by atoms with Crippen LogP contribution >= 0.6 is 0 Å². The molecule has 0 atom stereocenters. The lowest BCUT2D eigenvalue weighted by atomic mass is 9.82. The molecule has 0 fully saturated rings. The van der Waals surface area contributed by atoms with Crippen LogP contribution in [0.2, 0.25) is 0 Å². The minimum absolute atomic E-state index is 0.354. The van der Waals surface area contributed by atoms with Crippen LogP contribution in [-0.2, 0) is 4.79 Å². The molecule has 0 aromatic carbocycles. The van der Waals surface area contributed by atoms with Gasteiger partial charge in [-0.2, -0.15) is 0 Å². The van der Waals surface area contributed by atoms with Crippen LogP contribution in [-0.4, -0.2) is 23.2 Å². The third-order valence-corrected chi connectivity index (χ3v) is 2.51. The fourth-order valence-corrected chi connectivity index (χ4v) is 2.14. The topological polar surface area (TPSA) is 49.3 Å². The van der Waals surface area contributed by atoms with Gasteiger partial charge in [0.2, 0.25) is 0 Å². The van der Waals surface area contributed by atoms with Crippen molar-refractivity contribution in [1.82, 2.24) is 5.32 Å². The monoisotopic (exact) mass is 227 g/mol. The predicted octanol–water partition coefficient (Wildman–Crippen LogP) is 2.68. The van der Waals surface area contributed by atoms with E-state index in [9.17, 15) is 9.90 Å². The Balaban J connectivity index is 4.87. The van der Waals surface area contributed by atoms with E-state index < -0.39 is 11.5 Å². The Kier molecular flexibility index (Phi) is 6.34. The van der Waals surface area contributed by atoms with Crippen molar-refractivity contribution in [3.63, 3.8) is 0 Å². The lowest BCUT2D eigenvalue weighted by molar-refractivity contribution is -0.146. The molecule has 3 heteroatoms. The van der Waals surface area contributed by atoms with Crippen LogP contribution in [0.4, 0.5) is 0 Å². The van der Waals surface area contributed by atoms with Gasteiger partial charge in [-0.15, -0.1) is 6.58 Å². The number of nitrogens with one attached hydrogen (secondary N) is 1. The van der Waals surface area contributed by atoms with Gasteiger partial charge in [-0.05, 0) is 24.7 Å². The molecule has 0 saturated carbocycles. The predicted molar refractivity (Wildman–Crippen MR) is 67.5 cm³/mol. The molecule has 0 spiro atoms. The first-order chi connectivity index (χ1) is 7.34. The fourth-order valence-electron chi connectivity index (χ4n) is 2.14. The fraction of sp³-hybridized carbons (Fsp3) is 0.769. The van der Waals surface area contributed by atoms with Gasteiger partial charge in [-0.1, -0.05) is 33.8 Å². The Bertz CT molecular complexity index is 224. The molecule has 0 aliphatic rings. The quantitative estimate of drug-likeness (QED) is 0.627. The Morgan fingerprint density at radius 2 is 1.75 bits per heavy atom. The van der Waals surface area contributed by atoms with E-state index in [0.717, 1.165) is 0 Å². The Labute approximate surface area is 98.9 Å². The molecule has 16 heavy (non-hydrogen) atoms. The molecular weight excluding hydrogens is 202 g/mol. The van der Waals surface area contributed by atoms with Crippen molar-refractivity contribution in [3.8, 4) is 0 Å². The number of hydrogen-bond donors (Lipinski definition) is 2. The van der Waals surface area contributed by atoms with E-state index in [1.165, 1.54) is 0 Å². The standard InChI is InChI=1S/C13H25NO2/c1-6-7-14-13(12(15)16,8-10(2)3)9-11(4)5/h6,10-11,14H,1,7-9H2,2-5H3,(H,15,16). The Hall–Kier alpha value is -0.830. The van der Waals surface area contributed by atoms with E-state index in [4.69, 9.17) is 0 Å². The average Bonchev–Trinajstić information content (AvgIpc) is 2.11. The summed E-state index contributed by atoms with van der Waals surface area (Å²) in [7, 11) is 0. The van der Waals surface area contributed by atoms with Crippen molar-refractivity contribution in [1.29, 1.82) is 0 Å². The summed E-state index contributed by atoms with van der Waals surface area (Å²) in [5, 5.41) is 12.6. The first-order valence-corrected chi connectivity index (χ1v) is 5.93. The summed E-state index contributed by atoms with van der Waals surface area (Å²) in [6, 6.07) is 0. The third kappa shape index (κ3) is 4.79. The van der Waals surface area contributed by atoms with E-state index in [1.54, 1.807) is 6.08 Å². The van der Waals surface area contributed by atoms with Gasteiger partial charge >= 0.3 is 5.97 Å². The number of carbonyl (C=O) groups is 1. The molecule has 0 amide bonds. The van der Waals surface area contributed by atoms with Crippen LogP contribution in [0.15, 0.2) is 12.7 Å². The molecule has 0 heterocycles. The highest BCUT2D eigenvalue weighted by molar-refractivity contribution is 5.78. The SMILES string of the molecule is C=CCNC(CC(C)C)(CC(C)C)C(=O)O. The third-order valence-electron chi connectivity index (χ3n) is 2.51. The highest BCUT2D eigenvalue weighted by atomic mass is 16.4. The maximum atomic E-state index is 11.5. The van der Waals surface area contributed by atoms with Crippen molar-refractivity contribution < 1.29 is 9.90 Å². The van der Waals surface area contributed by atoms with E-state index >= 15 is 0 Å². The molecule has 0 radical (unpaired) electrons. The van der Waals surface area contributed by atoms with Crippen molar-refractivity contribution in [2.45, 2.75) is 46.1 Å². The molecule has 0 rings (SSSR count). The van der Waals surface area contributed by atoms with E-state index in [-0.39, 0.29) is 0 Å². The zero-order valence-corrected chi connectivity index (χ0v) is 10.9. The van der Waals surface area contributed by atoms with Crippen molar-refractivity contribution in [2.75, 3.05) is 6.54 Å². The number of hydrogen-bond acceptors (Lipinski definition) is 2. The van der Waals surface area contributed by atoms with E-state index in [2.05, 4.69) is 11.9 Å². The maximum Gasteiger partial charge on any atom is 0.323 e. The second kappa shape index (κ2) is 6.69. The minimum atomic E-state index is -0.809. The van der Waals surface area contributed by atoms with E-state index in [0.29, 0.717) is 31.2 Å². The molecule has 0 aromatic heterocycles. The number of carboxylic acid groups (broad SMARTS) is 1. The molecule has 94 valence electrons. The van der Waals surface area contributed by atoms with Crippen LogP contribution < -0.4 is 5.32 Å². The Morgan fingerprint density at radius 1 is 1.31 bits per heavy atom. The van der Waals surface area contributed by atoms with Gasteiger partial charge in [0.25, 0.3) is 0 Å². The van der Waals surface area contributed by atoms with Gasteiger partial charge in [0.15, 0.2) is 0 Å². The molecule has 0 saturated heterocycles. The van der Waals surface area contributed by atoms with Gasteiger partial charge in [0.05, 0.1) is 0 Å². The molecule has 0 aliphatic heterocycles. The number of carboxylic acids is 1. The number of rotatable bonds is 8. The molecule has 0 aromatic rings. The van der Waals surface area contributed by atoms with E-state index in [1.807, 2.05) is 27.7 Å². The van der Waals surface area contributed by atoms with Crippen LogP contribution in [0.5, 0.6) is 0 Å². The van der Waals surface area contributed by atoms with Gasteiger partial charge in [-0.3, -0.25) is 10.1 Å². The smallest absolute Gasteiger partial charge is 0.323 e. The Morgan fingerprint density at radius 3 is 2.00 bits per heavy atom. The lowest BCUT2D eigenvalue weighted by Crippen LogP contribution is -2.53. The molecule has 2 N–H and O–H groups in total. The summed E-state index contributed by atoms with van der Waals surface area (Å²) in [4.78, 5) is 11.5. The minimum Gasteiger partial charge on any atom is -0.480 e. The van der Waals surface area contributed by atoms with Crippen LogP contribution in [0.3, 0.4) is 0 Å². The van der Waals surface area contributed by atoms with Crippen molar-refractivity contribution >= 4 is 5.97 Å². The summed E-state index contributed by atoms with van der Waals surface area (Å²) >= 11 is 0. The second-order valence-electron chi connectivity index (χ2n) is 5.25. The summed E-state index contributed by atoms with van der Waals surface area (Å²) < 4.78 is 0. The summed E-state index contributed by atoms with van der Waals surface area (Å²) in [5.41, 5.74) is -0.809. The van der Waals surface area contributed by atoms with Crippen molar-refractivity contribution in [3.05, 3.63) is 12.7 Å². The second-order valence-corrected chi connectivity index (χ2v) is 5.25. The molecule has 3 nitrogen and oxygen atoms in total. The van der Waals surface area contributed by atoms with Gasteiger partial charge in [0.1, 0.15) is 5.54 Å². The zero-order valence-electron chi connectivity index (χ0n) is 10.9. The highest BCUT2D eigenvalue weighted by Gasteiger charge is 2.38. The van der Waals surface area contributed by atoms with Gasteiger partial charge in [-0.25, -0.2) is 0 Å². The maximum absolute atomic E-state index is 11.5. The first-order valence-electron chi connectivity index (χ1n) is 5.93. The largest absolute Gasteiger partial charge is 0.480 e. The van der Waals surface area contributed by atoms with Gasteiger partial charge < -0.3 is 5.11 Å². The normalized spacial score (nSPS) is 12.1. The van der Waals surface area contributed by atoms with Crippen LogP contribution in [0.1, 0.15) is 40.5 Å². The summed E-state index contributed by atoms with van der Waals surface area (Å²) in [5.74, 6) is -0.0453. The summed E-state index contributed by atoms with van der Waals surface area (Å²) in [6.45, 7) is 12.4. The molecular formula is C13H25NO2. The highest BCUT2D eigenvalue weighted by Crippen LogP contribution is 2.25. The van der Waals surface area contributed by atoms with Crippen molar-refractivity contribution in [2.24, 2.45) is 11.8 Å². The molecule has 0 bridgehead atoms. The molecule has 0 unspecified atom stereocenters. The lowest BCUT2D eigenvalue weighted by Gasteiger charge is -2.33. The summed E-state index contributed by atoms with van der Waals surface area (Å²) in [6.07, 6.45) is 3.00. The zero-order chi connectivity index (χ0) is 12.8. The number of aliphatic carboxylic acids is 1. The van der Waals surface area contributed by atoms with Crippen LogP contribution in [0, 0.1) is 11.8 Å². The molecule has 0 aliphatic carbocycles. The first kappa shape index (κ1) is 15.2. The average molecular weight is 227 g/mol. The van der Waals surface area contributed by atoms with Crippen LogP contribution in [0.25, 0.3) is 0 Å².